The van der Waals surface area contributed by atoms with E-state index in [0.717, 1.165) is 11.1 Å². The molecule has 0 aliphatic heterocycles. The summed E-state index contributed by atoms with van der Waals surface area (Å²) >= 11 is 11.8. The van der Waals surface area contributed by atoms with Crippen molar-refractivity contribution in [1.82, 2.24) is 0 Å². The van der Waals surface area contributed by atoms with Gasteiger partial charge in [-0.2, -0.15) is 8.42 Å². The van der Waals surface area contributed by atoms with E-state index in [4.69, 9.17) is 43.3 Å². The number of benzene rings is 3. The van der Waals surface area contributed by atoms with E-state index in [2.05, 4.69) is 0 Å². The quantitative estimate of drug-likeness (QED) is 0.242. The highest BCUT2D eigenvalue weighted by atomic mass is 35.5. The van der Waals surface area contributed by atoms with Crippen LogP contribution in [0.15, 0.2) is 65.6 Å². The molecule has 6 nitrogen and oxygen atoms in total. The van der Waals surface area contributed by atoms with E-state index in [1.54, 1.807) is 18.2 Å². The summed E-state index contributed by atoms with van der Waals surface area (Å²) in [6, 6.07) is 16.4. The van der Waals surface area contributed by atoms with Crippen LogP contribution in [0.1, 0.15) is 23.6 Å². The number of halogens is 2. The smallest absolute Gasteiger partial charge is 0.339 e. The minimum atomic E-state index is -4.13. The van der Waals surface area contributed by atoms with Gasteiger partial charge < -0.3 is 14.7 Å². The fourth-order valence-electron chi connectivity index (χ4n) is 2.95. The van der Waals surface area contributed by atoms with Crippen molar-refractivity contribution < 1.29 is 17.3 Å². The van der Waals surface area contributed by atoms with E-state index >= 15 is 0 Å². The van der Waals surface area contributed by atoms with Gasteiger partial charge in [0.2, 0.25) is 0 Å². The van der Waals surface area contributed by atoms with Crippen LogP contribution in [-0.4, -0.2) is 20.9 Å². The number of hydrogen-bond donors (Lipinski definition) is 2. The lowest BCUT2D eigenvalue weighted by atomic mass is 10.1. The van der Waals surface area contributed by atoms with Crippen LogP contribution in [0.25, 0.3) is 0 Å². The number of nitrogens with one attached hydrogen (secondary N) is 1. The van der Waals surface area contributed by atoms with Gasteiger partial charge in [0.25, 0.3) is 0 Å². The number of ether oxygens (including phenoxy) is 1. The molecule has 3 aromatic rings. The highest BCUT2D eigenvalue weighted by molar-refractivity contribution is 7.87. The first-order valence-corrected chi connectivity index (χ1v) is 11.9. The zero-order valence-corrected chi connectivity index (χ0v) is 19.6. The summed E-state index contributed by atoms with van der Waals surface area (Å²) in [7, 11) is -4.13. The third kappa shape index (κ3) is 6.38. The van der Waals surface area contributed by atoms with Gasteiger partial charge in [0.1, 0.15) is 22.2 Å². The molecule has 0 heterocycles. The summed E-state index contributed by atoms with van der Waals surface area (Å²) in [5.74, 6) is 0.659. The molecular formula is C23H22Cl2N2O4S. The number of rotatable bonds is 9. The van der Waals surface area contributed by atoms with Crippen LogP contribution in [0.2, 0.25) is 10.0 Å². The lowest BCUT2D eigenvalue weighted by Gasteiger charge is -2.12. The van der Waals surface area contributed by atoms with E-state index in [1.165, 1.54) is 24.3 Å². The fraction of sp³-hybridized carbons (Fsp3) is 0.174. The van der Waals surface area contributed by atoms with Crippen molar-refractivity contribution in [2.75, 3.05) is 6.61 Å². The molecule has 3 N–H and O–H groups in total. The molecule has 168 valence electrons. The monoisotopic (exact) mass is 492 g/mol. The summed E-state index contributed by atoms with van der Waals surface area (Å²) < 4.78 is 36.5. The highest BCUT2D eigenvalue weighted by Crippen LogP contribution is 2.28. The Morgan fingerprint density at radius 1 is 0.938 bits per heavy atom. The lowest BCUT2D eigenvalue weighted by molar-refractivity contribution is 0.320. The second-order valence-electron chi connectivity index (χ2n) is 7.02. The molecule has 32 heavy (non-hydrogen) atoms. The third-order valence-electron chi connectivity index (χ3n) is 4.60. The molecule has 0 unspecified atom stereocenters. The van der Waals surface area contributed by atoms with E-state index in [1.807, 2.05) is 25.1 Å². The maximum Gasteiger partial charge on any atom is 0.339 e. The molecule has 3 rings (SSSR count). The maximum atomic E-state index is 12.7. The summed E-state index contributed by atoms with van der Waals surface area (Å²) in [4.78, 5) is -0.131. The summed E-state index contributed by atoms with van der Waals surface area (Å²) in [5.41, 5.74) is 8.02. The number of amidine groups is 1. The van der Waals surface area contributed by atoms with Gasteiger partial charge in [-0.25, -0.2) is 0 Å². The van der Waals surface area contributed by atoms with Gasteiger partial charge in [-0.3, -0.25) is 5.41 Å². The van der Waals surface area contributed by atoms with Crippen LogP contribution < -0.4 is 14.7 Å². The molecule has 0 aromatic heterocycles. The van der Waals surface area contributed by atoms with Gasteiger partial charge in [0.15, 0.2) is 0 Å². The minimum Gasteiger partial charge on any atom is -0.493 e. The number of nitrogen functional groups attached to an aromatic ring is 1. The average molecular weight is 493 g/mol. The predicted molar refractivity (Wildman–Crippen MR) is 127 cm³/mol. The molecule has 9 heteroatoms. The van der Waals surface area contributed by atoms with Gasteiger partial charge in [-0.1, -0.05) is 54.4 Å². The van der Waals surface area contributed by atoms with Gasteiger partial charge in [-0.15, -0.1) is 0 Å². The van der Waals surface area contributed by atoms with Crippen LogP contribution in [0.3, 0.4) is 0 Å². The molecule has 0 saturated carbocycles. The first-order chi connectivity index (χ1) is 15.2. The average Bonchev–Trinajstić information content (AvgIpc) is 2.73. The van der Waals surface area contributed by atoms with Gasteiger partial charge in [0, 0.05) is 28.1 Å². The van der Waals surface area contributed by atoms with Gasteiger partial charge in [-0.05, 0) is 47.9 Å². The van der Waals surface area contributed by atoms with Crippen LogP contribution >= 0.6 is 23.2 Å². The van der Waals surface area contributed by atoms with E-state index in [9.17, 15) is 8.42 Å². The fourth-order valence-corrected chi connectivity index (χ4v) is 4.60. The lowest BCUT2D eigenvalue weighted by Crippen LogP contribution is -2.11. The largest absolute Gasteiger partial charge is 0.493 e. The zero-order valence-electron chi connectivity index (χ0n) is 17.3. The van der Waals surface area contributed by atoms with Crippen LogP contribution in [0.5, 0.6) is 11.5 Å². The molecule has 0 amide bonds. The normalized spacial score (nSPS) is 11.2. The predicted octanol–water partition coefficient (Wildman–Crippen LogP) is 5.23. The van der Waals surface area contributed by atoms with Crippen molar-refractivity contribution in [3.05, 3.63) is 87.4 Å². The standard InChI is InChI=1S/C23H22Cl2N2O4S/c1-2-15-9-20(30-8-7-16-3-5-17(6-4-16)23(26)27)14-21(10-15)31-32(28,29)22-12-18(24)11-19(25)13-22/h3-6,9-14H,2,7-8H2,1H3,(H3,26,27). The van der Waals surface area contributed by atoms with Crippen molar-refractivity contribution in [3.63, 3.8) is 0 Å². The molecular weight excluding hydrogens is 471 g/mol. The van der Waals surface area contributed by atoms with Crippen LogP contribution in [-0.2, 0) is 23.0 Å². The molecule has 3 aromatic carbocycles. The molecule has 0 spiro atoms. The van der Waals surface area contributed by atoms with Gasteiger partial charge in [0.05, 0.1) is 6.61 Å². The molecule has 0 atom stereocenters. The van der Waals surface area contributed by atoms with Crippen molar-refractivity contribution in [2.45, 2.75) is 24.7 Å². The minimum absolute atomic E-state index is 0.0201. The van der Waals surface area contributed by atoms with E-state index in [-0.39, 0.29) is 26.5 Å². The highest BCUT2D eigenvalue weighted by Gasteiger charge is 2.19. The Kier molecular flexibility index (Phi) is 7.66. The summed E-state index contributed by atoms with van der Waals surface area (Å²) in [6.07, 6.45) is 1.30. The maximum absolute atomic E-state index is 12.7. The van der Waals surface area contributed by atoms with E-state index < -0.39 is 10.1 Å². The van der Waals surface area contributed by atoms with Gasteiger partial charge >= 0.3 is 10.1 Å². The second-order valence-corrected chi connectivity index (χ2v) is 9.44. The Morgan fingerprint density at radius 3 is 2.16 bits per heavy atom. The third-order valence-corrected chi connectivity index (χ3v) is 6.26. The molecule has 0 fully saturated rings. The topological polar surface area (TPSA) is 102 Å². The van der Waals surface area contributed by atoms with E-state index in [0.29, 0.717) is 30.8 Å². The summed E-state index contributed by atoms with van der Waals surface area (Å²) in [6.45, 7) is 2.33. The van der Waals surface area contributed by atoms with Crippen molar-refractivity contribution in [1.29, 1.82) is 5.41 Å². The molecule has 0 saturated heterocycles. The van der Waals surface area contributed by atoms with Crippen molar-refractivity contribution >= 4 is 39.2 Å². The number of aryl methyl sites for hydroxylation is 1. The molecule has 0 radical (unpaired) electrons. The summed E-state index contributed by atoms with van der Waals surface area (Å²) in [5, 5.41) is 7.83. The SMILES string of the molecule is CCc1cc(OCCc2ccc(C(=N)N)cc2)cc(OS(=O)(=O)c2cc(Cl)cc(Cl)c2)c1. The molecule has 0 aliphatic carbocycles. The molecule has 0 aliphatic rings. The van der Waals surface area contributed by atoms with Crippen LogP contribution in [0, 0.1) is 5.41 Å². The van der Waals surface area contributed by atoms with Crippen LogP contribution in [0.4, 0.5) is 0 Å². The number of nitrogens with two attached hydrogens (primary N) is 1. The Balaban J connectivity index is 1.72. The Morgan fingerprint density at radius 2 is 1.56 bits per heavy atom. The Hall–Kier alpha value is -2.74. The molecule has 0 bridgehead atoms. The second kappa shape index (κ2) is 10.3. The zero-order chi connectivity index (χ0) is 23.3. The van der Waals surface area contributed by atoms with Crippen molar-refractivity contribution in [3.8, 4) is 11.5 Å². The first-order valence-electron chi connectivity index (χ1n) is 9.77. The first kappa shape index (κ1) is 23.9. The van der Waals surface area contributed by atoms with Crippen molar-refractivity contribution in [2.24, 2.45) is 5.73 Å². The Bertz CT molecular complexity index is 1210. The number of hydrogen-bond acceptors (Lipinski definition) is 5. The Labute approximate surface area is 197 Å².